The molecule has 0 bridgehead atoms. The van der Waals surface area contributed by atoms with Crippen molar-refractivity contribution in [2.75, 3.05) is 0 Å². The monoisotopic (exact) mass is 365 g/mol. The van der Waals surface area contributed by atoms with Crippen LogP contribution < -0.4 is 40.8 Å². The Bertz CT molecular complexity index is 740. The number of nitrogens with one attached hydrogen (secondary N) is 1. The summed E-state index contributed by atoms with van der Waals surface area (Å²) in [6, 6.07) is 6.86. The quantitative estimate of drug-likeness (QED) is 0.168. The number of hydrogen-bond donors (Lipinski definition) is 2. The summed E-state index contributed by atoms with van der Waals surface area (Å²) in [5, 5.41) is 0. The standard InChI is InChI=1S/C12H13N3O7S.Na/c13-10(16)9-8(12(18)15(9)23(19,20)21)11(17)14-22-6-7-4-2-1-3-5-7;/h1-5,8-9H,6H2,(H2,13,16)(H,14,17)(H,19,20,21);/q;+1/p-1. The van der Waals surface area contributed by atoms with E-state index in [1.54, 1.807) is 30.3 Å². The summed E-state index contributed by atoms with van der Waals surface area (Å²) in [5.41, 5.74) is 7.59. The van der Waals surface area contributed by atoms with Crippen LogP contribution in [0.25, 0.3) is 0 Å². The number of carbonyl (C=O) groups is 3. The van der Waals surface area contributed by atoms with E-state index in [1.165, 1.54) is 0 Å². The van der Waals surface area contributed by atoms with Gasteiger partial charge in [-0.25, -0.2) is 18.2 Å². The van der Waals surface area contributed by atoms with Crippen molar-refractivity contribution in [3.8, 4) is 0 Å². The predicted octanol–water partition coefficient (Wildman–Crippen LogP) is -4.99. The Morgan fingerprint density at radius 3 is 2.38 bits per heavy atom. The van der Waals surface area contributed by atoms with Gasteiger partial charge in [0.2, 0.25) is 5.91 Å². The Morgan fingerprint density at radius 2 is 1.88 bits per heavy atom. The predicted molar refractivity (Wildman–Crippen MR) is 72.4 cm³/mol. The van der Waals surface area contributed by atoms with Crippen molar-refractivity contribution in [1.82, 2.24) is 9.79 Å². The van der Waals surface area contributed by atoms with Gasteiger partial charge in [-0.3, -0.25) is 19.2 Å². The molecule has 0 spiro atoms. The molecule has 2 atom stereocenters. The minimum atomic E-state index is -5.23. The summed E-state index contributed by atoms with van der Waals surface area (Å²) in [7, 11) is -5.23. The van der Waals surface area contributed by atoms with Crippen molar-refractivity contribution in [3.05, 3.63) is 35.9 Å². The smallest absolute Gasteiger partial charge is 0.731 e. The largest absolute Gasteiger partial charge is 1.00 e. The first-order chi connectivity index (χ1) is 10.7. The van der Waals surface area contributed by atoms with E-state index in [0.29, 0.717) is 0 Å². The van der Waals surface area contributed by atoms with Crippen molar-refractivity contribution in [2.45, 2.75) is 12.6 Å². The molecule has 0 aliphatic carbocycles. The normalized spacial score (nSPS) is 19.9. The van der Waals surface area contributed by atoms with Gasteiger partial charge in [0.05, 0.1) is 6.61 Å². The zero-order valence-corrected chi connectivity index (χ0v) is 15.4. The van der Waals surface area contributed by atoms with Crippen molar-refractivity contribution in [1.29, 1.82) is 0 Å². The number of nitrogens with two attached hydrogens (primary N) is 1. The second kappa shape index (κ2) is 8.05. The summed E-state index contributed by atoms with van der Waals surface area (Å²) in [5.74, 6) is -5.39. The van der Waals surface area contributed by atoms with Gasteiger partial charge < -0.3 is 10.3 Å². The van der Waals surface area contributed by atoms with Gasteiger partial charge in [-0.05, 0) is 5.56 Å². The van der Waals surface area contributed by atoms with Crippen LogP contribution in [0.5, 0.6) is 0 Å². The van der Waals surface area contributed by atoms with Crippen molar-refractivity contribution in [3.63, 3.8) is 0 Å². The summed E-state index contributed by atoms with van der Waals surface area (Å²) < 4.78 is 32.4. The van der Waals surface area contributed by atoms with E-state index in [0.717, 1.165) is 5.56 Å². The molecule has 3 N–H and O–H groups in total. The first kappa shape index (κ1) is 20.5. The third kappa shape index (κ3) is 4.32. The average Bonchev–Trinajstić information content (AvgIpc) is 2.43. The van der Waals surface area contributed by atoms with Gasteiger partial charge in [0, 0.05) is 0 Å². The minimum Gasteiger partial charge on any atom is -0.731 e. The zero-order valence-electron chi connectivity index (χ0n) is 12.5. The van der Waals surface area contributed by atoms with Gasteiger partial charge in [0.25, 0.3) is 11.8 Å². The van der Waals surface area contributed by atoms with Crippen molar-refractivity contribution >= 4 is 28.0 Å². The van der Waals surface area contributed by atoms with Crippen molar-refractivity contribution < 1.29 is 61.7 Å². The van der Waals surface area contributed by atoms with E-state index in [-0.39, 0.29) is 40.5 Å². The molecule has 1 fully saturated rings. The number of hydrogen-bond acceptors (Lipinski definition) is 7. The average molecular weight is 365 g/mol. The number of primary amides is 1. The number of benzene rings is 1. The molecule has 0 radical (unpaired) electrons. The van der Waals surface area contributed by atoms with Crippen LogP contribution >= 0.6 is 0 Å². The molecule has 1 aromatic carbocycles. The van der Waals surface area contributed by atoms with Gasteiger partial charge in [0.15, 0.2) is 16.2 Å². The Kier molecular flexibility index (Phi) is 6.89. The second-order valence-corrected chi connectivity index (χ2v) is 5.91. The molecule has 0 saturated carbocycles. The molecule has 12 heteroatoms. The zero-order chi connectivity index (χ0) is 17.2. The number of β-lactam (4-membered cyclic amide) rings is 1. The Labute approximate surface area is 159 Å². The maximum absolute atomic E-state index is 11.8. The summed E-state index contributed by atoms with van der Waals surface area (Å²) in [6.07, 6.45) is 0. The molecule has 1 aromatic rings. The number of hydroxylamine groups is 1. The molecule has 1 aliphatic rings. The van der Waals surface area contributed by atoms with E-state index in [2.05, 4.69) is 0 Å². The first-order valence-electron chi connectivity index (χ1n) is 6.27. The van der Waals surface area contributed by atoms with Gasteiger partial charge in [-0.15, -0.1) is 0 Å². The van der Waals surface area contributed by atoms with Crippen LogP contribution in [-0.2, 0) is 36.1 Å². The third-order valence-corrected chi connectivity index (χ3v) is 4.01. The molecular weight excluding hydrogens is 353 g/mol. The number of nitrogens with zero attached hydrogens (tertiary/aromatic N) is 1. The fourth-order valence-electron chi connectivity index (χ4n) is 2.08. The second-order valence-electron chi connectivity index (χ2n) is 4.66. The van der Waals surface area contributed by atoms with E-state index >= 15 is 0 Å². The molecule has 2 rings (SSSR count). The Morgan fingerprint density at radius 1 is 1.29 bits per heavy atom. The van der Waals surface area contributed by atoms with Crippen LogP contribution in [0.1, 0.15) is 5.56 Å². The molecule has 24 heavy (non-hydrogen) atoms. The maximum atomic E-state index is 11.8. The van der Waals surface area contributed by atoms with Crippen LogP contribution in [0.3, 0.4) is 0 Å². The topological polar surface area (TPSA) is 159 Å². The fraction of sp³-hybridized carbons (Fsp3) is 0.250. The number of carbonyl (C=O) groups excluding carboxylic acids is 3. The van der Waals surface area contributed by atoms with E-state index in [1.807, 2.05) is 5.48 Å². The molecule has 10 nitrogen and oxygen atoms in total. The van der Waals surface area contributed by atoms with Gasteiger partial charge in [0.1, 0.15) is 6.04 Å². The first-order valence-corrected chi connectivity index (χ1v) is 7.64. The molecule has 3 amide bonds. The number of amides is 3. The van der Waals surface area contributed by atoms with Gasteiger partial charge in [-0.2, -0.15) is 0 Å². The molecule has 0 aromatic heterocycles. The maximum Gasteiger partial charge on any atom is 1.00 e. The molecule has 2 unspecified atom stereocenters. The summed E-state index contributed by atoms with van der Waals surface area (Å²) in [4.78, 5) is 39.5. The molecule has 124 valence electrons. The van der Waals surface area contributed by atoms with E-state index in [4.69, 9.17) is 10.6 Å². The molecule has 1 aliphatic heterocycles. The summed E-state index contributed by atoms with van der Waals surface area (Å²) >= 11 is 0. The summed E-state index contributed by atoms with van der Waals surface area (Å²) in [6.45, 7) is -0.0156. The molecule has 1 saturated heterocycles. The van der Waals surface area contributed by atoms with Crippen LogP contribution in [0.4, 0.5) is 0 Å². The van der Waals surface area contributed by atoms with E-state index in [9.17, 15) is 27.4 Å². The van der Waals surface area contributed by atoms with Gasteiger partial charge in [-0.1, -0.05) is 30.3 Å². The van der Waals surface area contributed by atoms with Crippen LogP contribution in [0.2, 0.25) is 0 Å². The van der Waals surface area contributed by atoms with Crippen LogP contribution in [0.15, 0.2) is 30.3 Å². The number of rotatable bonds is 6. The minimum absolute atomic E-state index is 0. The van der Waals surface area contributed by atoms with E-state index < -0.39 is 40.0 Å². The van der Waals surface area contributed by atoms with Crippen LogP contribution in [0, 0.1) is 5.92 Å². The Balaban J connectivity index is 0.00000288. The molecular formula is C12H12N3NaO7S. The van der Waals surface area contributed by atoms with Crippen molar-refractivity contribution in [2.24, 2.45) is 11.7 Å². The van der Waals surface area contributed by atoms with Crippen LogP contribution in [-0.4, -0.2) is 41.0 Å². The fourth-order valence-corrected chi connectivity index (χ4v) is 2.91. The van der Waals surface area contributed by atoms with Gasteiger partial charge >= 0.3 is 29.6 Å². The molecule has 1 heterocycles. The third-order valence-electron chi connectivity index (χ3n) is 3.12. The Hall–Kier alpha value is -1.50. The SMILES string of the molecule is NC(=O)C1C(C(=O)NOCc2ccccc2)C(=O)N1S(=O)(=O)[O-].[Na+].